The van der Waals surface area contributed by atoms with E-state index in [4.69, 9.17) is 4.74 Å². The number of ether oxygens (including phenoxy) is 1. The molecule has 0 amide bonds. The van der Waals surface area contributed by atoms with Gasteiger partial charge in [-0.05, 0) is 381 Å². The van der Waals surface area contributed by atoms with E-state index in [1.807, 2.05) is 41.5 Å². The van der Waals surface area contributed by atoms with Crippen LogP contribution < -0.4 is 43.2 Å². The van der Waals surface area contributed by atoms with E-state index in [0.29, 0.717) is 32.9 Å². The van der Waals surface area contributed by atoms with Gasteiger partial charge in [-0.15, -0.1) is 45.3 Å². The Balaban J connectivity index is 0.000000160. The quantitative estimate of drug-likeness (QED) is 0.0250. The Morgan fingerprint density at radius 1 is 0.301 bits per heavy atom. The van der Waals surface area contributed by atoms with Crippen LogP contribution in [0.25, 0.3) is 0 Å². The molecule has 143 heavy (non-hydrogen) atoms. The second kappa shape index (κ2) is 46.5. The maximum atomic E-state index is 13.4. The summed E-state index contributed by atoms with van der Waals surface area (Å²) >= 11 is 4.77. The van der Waals surface area contributed by atoms with Crippen LogP contribution in [0.4, 0.5) is 71.8 Å². The van der Waals surface area contributed by atoms with E-state index < -0.39 is 68.5 Å². The molecule has 8 aromatic carbocycles. The predicted octanol–water partition coefficient (Wildman–Crippen LogP) is 25.9. The number of carbonyl (C=O) groups excluding carboxylic acids is 4. The lowest BCUT2D eigenvalue weighted by atomic mass is 9.92. The fraction of sp³-hybridized carbons (Fsp3) is 0.370. The highest BCUT2D eigenvalue weighted by molar-refractivity contribution is 7.93. The number of aryl methyl sites for hydroxylation is 9. The zero-order valence-electron chi connectivity index (χ0n) is 82.8. The van der Waals surface area contributed by atoms with Crippen LogP contribution in [0.15, 0.2) is 187 Å². The first-order chi connectivity index (χ1) is 67.6. The second-order valence-electron chi connectivity index (χ2n) is 37.1. The number of Topliss-reactive ketones (excluding diaryl/α,β-unsaturated/α-hetero) is 4. The molecule has 0 bridgehead atoms. The van der Waals surface area contributed by atoms with Gasteiger partial charge in [-0.1, -0.05) is 48.0 Å². The van der Waals surface area contributed by atoms with Crippen LogP contribution in [-0.2, 0) is 78.1 Å². The van der Waals surface area contributed by atoms with Gasteiger partial charge >= 0.3 is 12.4 Å². The van der Waals surface area contributed by atoms with Gasteiger partial charge in [0.15, 0.2) is 23.1 Å². The van der Waals surface area contributed by atoms with Crippen molar-refractivity contribution in [2.45, 2.75) is 225 Å². The number of nitrogens with zero attached hydrogens (tertiary/aromatic N) is 4. The summed E-state index contributed by atoms with van der Waals surface area (Å²) in [5.74, 6) is -0.0670. The third-order valence-electron chi connectivity index (χ3n) is 26.7. The summed E-state index contributed by atoms with van der Waals surface area (Å²) in [5.41, 5.74) is 22.0. The highest BCUT2D eigenvalue weighted by Gasteiger charge is 2.36. The van der Waals surface area contributed by atoms with Gasteiger partial charge < -0.3 is 24.3 Å². The normalized spacial score (nSPS) is 14.4. The molecule has 0 radical (unpaired) electrons. The number of anilines is 8. The zero-order valence-corrected chi connectivity index (χ0v) is 89.3. The van der Waals surface area contributed by atoms with Crippen LogP contribution in [-0.4, -0.2) is 116 Å². The molecule has 4 aliphatic rings. The number of nitrogens with one attached hydrogen (secondary N) is 4. The van der Waals surface area contributed by atoms with E-state index in [1.54, 1.807) is 70.1 Å². The van der Waals surface area contributed by atoms with Crippen molar-refractivity contribution in [2.75, 3.05) is 98.0 Å². The SMILES string of the molecule is COc1ccc(S(=O)(=O)Nc2ccsc2C(=O)Cc2c(C)cc(C)c(N3CCCCC3)c2C)cc1.Cc1cc(C)c(N2CCCCC2)c(C)c1CC(=O)c1sccc1NS(=O)(=O)c1ccc(C(F)(F)F)cc1.Cc1cc(C)c(N2CCCCC2)c(C)c1CC(=O)c1sccc1NS(=O)(=O)c1cccc(C(F)(F)F)c1.Cc1ccc(S(=O)(=O)Nc2ccsc2C(=O)Cc2c(C)cc(C)c(N3CCCCC3)c2C)cc1. The molecule has 35 heteroatoms. The Labute approximate surface area is 852 Å². The molecule has 0 saturated carbocycles. The van der Waals surface area contributed by atoms with Crippen LogP contribution in [0.5, 0.6) is 5.75 Å². The summed E-state index contributed by atoms with van der Waals surface area (Å²) in [7, 11) is -14.6. The highest BCUT2D eigenvalue weighted by Crippen LogP contribution is 2.43. The summed E-state index contributed by atoms with van der Waals surface area (Å²) in [6.07, 6.45) is 5.72. The van der Waals surface area contributed by atoms with E-state index in [-0.39, 0.29) is 84.6 Å². The number of methoxy groups -OCH3 is 1. The lowest BCUT2D eigenvalue weighted by Gasteiger charge is -2.33. The number of piperidine rings is 4. The highest BCUT2D eigenvalue weighted by atomic mass is 32.2. The Morgan fingerprint density at radius 2 is 0.545 bits per heavy atom. The van der Waals surface area contributed by atoms with Gasteiger partial charge in [-0.2, -0.15) is 26.3 Å². The van der Waals surface area contributed by atoms with Crippen LogP contribution in [0.2, 0.25) is 0 Å². The van der Waals surface area contributed by atoms with Gasteiger partial charge in [-0.3, -0.25) is 38.1 Å². The maximum absolute atomic E-state index is 13.4. The van der Waals surface area contributed by atoms with Crippen molar-refractivity contribution in [3.05, 3.63) is 292 Å². The van der Waals surface area contributed by atoms with E-state index >= 15 is 0 Å². The Morgan fingerprint density at radius 3 is 0.797 bits per heavy atom. The summed E-state index contributed by atoms with van der Waals surface area (Å²) in [6.45, 7) is 34.8. The molecule has 0 aliphatic carbocycles. The second-order valence-corrected chi connectivity index (χ2v) is 47.4. The minimum atomic E-state index is -4.67. The third kappa shape index (κ3) is 26.4. The summed E-state index contributed by atoms with van der Waals surface area (Å²) in [4.78, 5) is 64.0. The molecular formula is C108H122F6N8O13S8. The Kier molecular flexibility index (Phi) is 35.4. The average molecular weight is 2110 g/mol. The first kappa shape index (κ1) is 109. The summed E-state index contributed by atoms with van der Waals surface area (Å²) in [6, 6.07) is 34.4. The number of sulfonamides is 4. The fourth-order valence-electron chi connectivity index (χ4n) is 19.7. The summed E-state index contributed by atoms with van der Waals surface area (Å²) < 4.78 is 196. The molecule has 4 saturated heterocycles. The Bertz CT molecular complexity index is 7150. The molecule has 0 atom stereocenters. The molecule has 4 aliphatic heterocycles. The van der Waals surface area contributed by atoms with Gasteiger partial charge in [-0.25, -0.2) is 33.7 Å². The van der Waals surface area contributed by atoms with E-state index in [2.05, 4.69) is 111 Å². The molecule has 0 spiro atoms. The number of ketones is 4. The zero-order chi connectivity index (χ0) is 104. The minimum absolute atomic E-state index is 0.0612. The number of halogens is 6. The smallest absolute Gasteiger partial charge is 0.416 e. The number of hydrogen-bond donors (Lipinski definition) is 4. The molecule has 16 rings (SSSR count). The molecule has 762 valence electrons. The van der Waals surface area contributed by atoms with Crippen LogP contribution >= 0.6 is 45.3 Å². The molecule has 4 N–H and O–H groups in total. The van der Waals surface area contributed by atoms with Gasteiger partial charge in [0.05, 0.1) is 80.1 Å². The predicted molar refractivity (Wildman–Crippen MR) is 567 cm³/mol. The van der Waals surface area contributed by atoms with E-state index in [1.165, 1.54) is 145 Å². The monoisotopic (exact) mass is 2110 g/mol. The summed E-state index contributed by atoms with van der Waals surface area (Å²) in [5, 5.41) is 6.71. The fourth-order valence-corrected chi connectivity index (χ4v) is 27.4. The first-order valence-electron chi connectivity index (χ1n) is 47.6. The van der Waals surface area contributed by atoms with Crippen LogP contribution in [0.1, 0.15) is 221 Å². The van der Waals surface area contributed by atoms with Gasteiger partial charge in [0.1, 0.15) is 5.75 Å². The maximum Gasteiger partial charge on any atom is 0.416 e. The number of thiophene rings is 4. The number of carbonyl (C=O) groups is 4. The Hall–Kier alpha value is -11.2. The van der Waals surface area contributed by atoms with Gasteiger partial charge in [0.2, 0.25) is 0 Å². The molecule has 4 aromatic heterocycles. The van der Waals surface area contributed by atoms with Crippen molar-refractivity contribution in [3.8, 4) is 5.75 Å². The number of rotatable bonds is 29. The molecule has 4 fully saturated rings. The number of alkyl halides is 6. The van der Waals surface area contributed by atoms with Crippen LogP contribution in [0, 0.1) is 90.0 Å². The van der Waals surface area contributed by atoms with Crippen molar-refractivity contribution in [2.24, 2.45) is 0 Å². The van der Waals surface area contributed by atoms with E-state index in [0.717, 1.165) is 221 Å². The third-order valence-corrected chi connectivity index (χ3v) is 36.0. The van der Waals surface area contributed by atoms with E-state index in [9.17, 15) is 79.2 Å². The number of hydrogen-bond acceptors (Lipinski definition) is 21. The van der Waals surface area contributed by atoms with Crippen molar-refractivity contribution < 1.29 is 83.9 Å². The molecular weight excluding hydrogens is 1990 g/mol. The van der Waals surface area contributed by atoms with Gasteiger partial charge in [0.25, 0.3) is 40.1 Å². The first-order valence-corrected chi connectivity index (χ1v) is 57.1. The van der Waals surface area contributed by atoms with Crippen molar-refractivity contribution in [1.82, 2.24) is 0 Å². The van der Waals surface area contributed by atoms with Crippen LogP contribution in [0.3, 0.4) is 0 Å². The van der Waals surface area contributed by atoms with Gasteiger partial charge in [0, 0.05) is 101 Å². The van der Waals surface area contributed by atoms with Crippen molar-refractivity contribution in [1.29, 1.82) is 0 Å². The molecule has 12 aromatic rings. The molecule has 8 heterocycles. The lowest BCUT2D eigenvalue weighted by Crippen LogP contribution is -2.31. The standard InChI is InChI=1S/2C27H29F3N2O3S2.C27H32N2O4S2.C27H32N2O3S2/c1-17-15-18(2)25(32-12-5-4-6-13-32)19(3)22(17)16-24(33)26-23(11-14-36-26)31-37(34,35)21-9-7-20(8-10-21)27(28,29)30;1-17-14-18(2)25(32-11-5-4-6-12-32)19(3)22(17)16-24(33)26-23(10-13-36-26)31-37(34,35)21-9-7-8-20(15-21)27(28,29)30;1-18-16-19(2)26(29-13-6-5-7-14-29)20(3)23(18)17-25(30)27-24(12-15-34-27)28-35(31,32)22-10-8-21(33-4)9-11-22;1-18-8-10-22(11-9-18)34(31,32)28-24-12-15-33-27(24)25(30)17-23-19(2)16-20(3)26(21(23)4)29-13-6-5-7-14-29/h7-11,14-15,31H,4-6,12-13,16H2,1-3H3;7-10,13-15,31H,4-6,11-12,16H2,1-3H3;8-12,15-16,28H,5-7,13-14,17H2,1-4H3;8-12,15-16,28H,5-7,13-14,17H2,1-4H3. The molecule has 0 unspecified atom stereocenters. The topological polar surface area (TPSA) is 275 Å². The average Bonchev–Trinajstić information content (AvgIpc) is 1.67. The largest absolute Gasteiger partial charge is 0.497 e. The minimum Gasteiger partial charge on any atom is -0.497 e. The molecule has 21 nitrogen and oxygen atoms in total. The van der Waals surface area contributed by atoms with Crippen molar-refractivity contribution in [3.63, 3.8) is 0 Å². The lowest BCUT2D eigenvalue weighted by molar-refractivity contribution is -0.138. The van der Waals surface area contributed by atoms with Crippen molar-refractivity contribution >= 4 is 154 Å². The number of benzene rings is 8.